The molecule has 1 atom stereocenters. The average Bonchev–Trinajstić information content (AvgIpc) is 2.88. The highest BCUT2D eigenvalue weighted by Gasteiger charge is 2.33. The van der Waals surface area contributed by atoms with Gasteiger partial charge in [0, 0.05) is 17.2 Å². The van der Waals surface area contributed by atoms with Gasteiger partial charge in [-0.1, -0.05) is 0 Å². The molecule has 1 amide bonds. The number of anilines is 1. The van der Waals surface area contributed by atoms with Gasteiger partial charge < -0.3 is 5.32 Å². The Balaban J connectivity index is 1.86. The van der Waals surface area contributed by atoms with Gasteiger partial charge >= 0.3 is 0 Å². The maximum absolute atomic E-state index is 12.2. The van der Waals surface area contributed by atoms with Crippen molar-refractivity contribution in [1.82, 2.24) is 0 Å². The molecule has 1 saturated heterocycles. The third-order valence-corrected chi connectivity index (χ3v) is 5.39. The van der Waals surface area contributed by atoms with Gasteiger partial charge in [0.05, 0.1) is 17.9 Å². The molecule has 1 unspecified atom stereocenters. The molecule has 0 saturated carbocycles. The fourth-order valence-electron chi connectivity index (χ4n) is 2.62. The molecule has 3 rings (SSSR count). The van der Waals surface area contributed by atoms with Crippen molar-refractivity contribution in [2.24, 2.45) is 5.92 Å². The number of hydrogen-bond acceptors (Lipinski definition) is 4. The second kappa shape index (κ2) is 4.16. The largest absolute Gasteiger partial charge is 0.326 e. The van der Waals surface area contributed by atoms with E-state index < -0.39 is 15.8 Å². The van der Waals surface area contributed by atoms with Gasteiger partial charge in [0.15, 0.2) is 15.6 Å². The smallest absolute Gasteiger partial charge is 0.228 e. The van der Waals surface area contributed by atoms with Crippen LogP contribution in [0.2, 0.25) is 0 Å². The Kier molecular flexibility index (Phi) is 2.70. The summed E-state index contributed by atoms with van der Waals surface area (Å²) < 4.78 is 22.8. The second-order valence-electron chi connectivity index (χ2n) is 5.06. The summed E-state index contributed by atoms with van der Waals surface area (Å²) in [5.74, 6) is -0.617. The highest BCUT2D eigenvalue weighted by molar-refractivity contribution is 7.91. The van der Waals surface area contributed by atoms with E-state index in [-0.39, 0.29) is 29.6 Å². The molecule has 0 spiro atoms. The summed E-state index contributed by atoms with van der Waals surface area (Å²) in [5.41, 5.74) is 2.04. The van der Waals surface area contributed by atoms with Gasteiger partial charge in [-0.3, -0.25) is 9.59 Å². The minimum atomic E-state index is -3.06. The fraction of sp³-hybridized carbons (Fsp3) is 0.385. The molecule has 0 aliphatic carbocycles. The number of ketones is 1. The topological polar surface area (TPSA) is 80.3 Å². The van der Waals surface area contributed by atoms with Crippen molar-refractivity contribution in [3.63, 3.8) is 0 Å². The Bertz CT molecular complexity index is 678. The fourth-order valence-corrected chi connectivity index (χ4v) is 4.36. The Morgan fingerprint density at radius 2 is 2.11 bits per heavy atom. The van der Waals surface area contributed by atoms with Crippen molar-refractivity contribution in [3.8, 4) is 0 Å². The predicted octanol–water partition coefficient (Wildman–Crippen LogP) is 0.799. The van der Waals surface area contributed by atoms with E-state index in [0.29, 0.717) is 12.0 Å². The van der Waals surface area contributed by atoms with Crippen LogP contribution in [0.1, 0.15) is 22.3 Å². The van der Waals surface area contributed by atoms with E-state index in [2.05, 4.69) is 5.32 Å². The monoisotopic (exact) mass is 279 g/mol. The van der Waals surface area contributed by atoms with E-state index in [0.717, 1.165) is 11.3 Å². The van der Waals surface area contributed by atoms with Crippen molar-refractivity contribution in [1.29, 1.82) is 0 Å². The van der Waals surface area contributed by atoms with Gasteiger partial charge in [0.1, 0.15) is 0 Å². The summed E-state index contributed by atoms with van der Waals surface area (Å²) in [6, 6.07) is 5.05. The summed E-state index contributed by atoms with van der Waals surface area (Å²) in [6.07, 6.45) is 0.675. The van der Waals surface area contributed by atoms with E-state index in [1.807, 2.05) is 0 Å². The Morgan fingerprint density at radius 1 is 1.32 bits per heavy atom. The van der Waals surface area contributed by atoms with Crippen LogP contribution in [-0.2, 0) is 21.1 Å². The molecule has 0 aromatic heterocycles. The molecule has 0 bridgehead atoms. The second-order valence-corrected chi connectivity index (χ2v) is 7.29. The third-order valence-electron chi connectivity index (χ3n) is 3.62. The van der Waals surface area contributed by atoms with Gasteiger partial charge in [-0.2, -0.15) is 0 Å². The minimum Gasteiger partial charge on any atom is -0.326 e. The number of rotatable bonds is 2. The van der Waals surface area contributed by atoms with E-state index >= 15 is 0 Å². The van der Waals surface area contributed by atoms with Crippen LogP contribution in [0, 0.1) is 5.92 Å². The number of sulfone groups is 1. The number of fused-ring (bicyclic) bond motifs is 1. The van der Waals surface area contributed by atoms with Crippen LogP contribution in [0.4, 0.5) is 5.69 Å². The van der Waals surface area contributed by atoms with Crippen LogP contribution in [-0.4, -0.2) is 31.6 Å². The first-order chi connectivity index (χ1) is 8.94. The van der Waals surface area contributed by atoms with Gasteiger partial charge in [0.25, 0.3) is 0 Å². The van der Waals surface area contributed by atoms with Crippen LogP contribution in [0.3, 0.4) is 0 Å². The number of carbonyl (C=O) groups is 2. The molecule has 2 heterocycles. The highest BCUT2D eigenvalue weighted by Crippen LogP contribution is 2.27. The summed E-state index contributed by atoms with van der Waals surface area (Å²) in [7, 11) is -3.06. The SMILES string of the molecule is O=C1Cc2cc(C(=O)C3CCS(=O)(=O)C3)ccc2N1. The molecule has 1 fully saturated rings. The van der Waals surface area contributed by atoms with Crippen molar-refractivity contribution in [2.45, 2.75) is 12.8 Å². The van der Waals surface area contributed by atoms with Crippen LogP contribution >= 0.6 is 0 Å². The maximum atomic E-state index is 12.2. The first-order valence-electron chi connectivity index (χ1n) is 6.12. The van der Waals surface area contributed by atoms with E-state index in [1.54, 1.807) is 18.2 Å². The zero-order chi connectivity index (χ0) is 13.6. The van der Waals surface area contributed by atoms with Crippen molar-refractivity contribution in [3.05, 3.63) is 29.3 Å². The number of amides is 1. The van der Waals surface area contributed by atoms with Crippen molar-refractivity contribution in [2.75, 3.05) is 16.8 Å². The predicted molar refractivity (Wildman–Crippen MR) is 69.9 cm³/mol. The molecular formula is C13H13NO4S. The zero-order valence-electron chi connectivity index (χ0n) is 10.2. The highest BCUT2D eigenvalue weighted by atomic mass is 32.2. The Hall–Kier alpha value is -1.69. The molecular weight excluding hydrogens is 266 g/mol. The number of carbonyl (C=O) groups excluding carboxylic acids is 2. The quantitative estimate of drug-likeness (QED) is 0.812. The standard InChI is InChI=1S/C13H13NO4S/c15-12-6-10-5-8(1-2-11(10)14-12)13(16)9-3-4-19(17,18)7-9/h1-2,5,9H,3-4,6-7H2,(H,14,15). The van der Waals surface area contributed by atoms with Crippen molar-refractivity contribution >= 4 is 27.2 Å². The number of Topliss-reactive ketones (excluding diaryl/α,β-unsaturated/α-hetero) is 1. The van der Waals surface area contributed by atoms with Gasteiger partial charge in [0.2, 0.25) is 5.91 Å². The molecule has 19 heavy (non-hydrogen) atoms. The van der Waals surface area contributed by atoms with Gasteiger partial charge in [-0.15, -0.1) is 0 Å². The lowest BCUT2D eigenvalue weighted by molar-refractivity contribution is -0.115. The average molecular weight is 279 g/mol. The molecule has 100 valence electrons. The van der Waals surface area contributed by atoms with Crippen molar-refractivity contribution < 1.29 is 18.0 Å². The lowest BCUT2D eigenvalue weighted by Crippen LogP contribution is -2.16. The van der Waals surface area contributed by atoms with Crippen LogP contribution in [0.15, 0.2) is 18.2 Å². The summed E-state index contributed by atoms with van der Waals surface area (Å²) in [5, 5.41) is 2.70. The zero-order valence-corrected chi connectivity index (χ0v) is 11.0. The lowest BCUT2D eigenvalue weighted by Gasteiger charge is -2.08. The lowest BCUT2D eigenvalue weighted by atomic mass is 9.95. The number of nitrogens with one attached hydrogen (secondary N) is 1. The Labute approximate surface area is 110 Å². The molecule has 2 aliphatic rings. The molecule has 0 radical (unpaired) electrons. The molecule has 5 nitrogen and oxygen atoms in total. The molecule has 6 heteroatoms. The molecule has 1 aromatic rings. The van der Waals surface area contributed by atoms with Crippen LogP contribution in [0.25, 0.3) is 0 Å². The first-order valence-corrected chi connectivity index (χ1v) is 7.94. The number of benzene rings is 1. The van der Waals surface area contributed by atoms with Gasteiger partial charge in [-0.05, 0) is 30.2 Å². The summed E-state index contributed by atoms with van der Waals surface area (Å²) in [6.45, 7) is 0. The number of hydrogen-bond donors (Lipinski definition) is 1. The molecule has 1 N–H and O–H groups in total. The Morgan fingerprint density at radius 3 is 2.79 bits per heavy atom. The van der Waals surface area contributed by atoms with E-state index in [9.17, 15) is 18.0 Å². The molecule has 2 aliphatic heterocycles. The first kappa shape index (κ1) is 12.3. The normalized spacial score (nSPS) is 24.0. The van der Waals surface area contributed by atoms with Crippen LogP contribution < -0.4 is 5.32 Å². The maximum Gasteiger partial charge on any atom is 0.228 e. The molecule has 1 aromatic carbocycles. The minimum absolute atomic E-state index is 0.0555. The van der Waals surface area contributed by atoms with E-state index in [4.69, 9.17) is 0 Å². The van der Waals surface area contributed by atoms with E-state index in [1.165, 1.54) is 0 Å². The van der Waals surface area contributed by atoms with Crippen LogP contribution in [0.5, 0.6) is 0 Å². The summed E-state index contributed by atoms with van der Waals surface area (Å²) in [4.78, 5) is 23.5. The van der Waals surface area contributed by atoms with Gasteiger partial charge in [-0.25, -0.2) is 8.42 Å². The summed E-state index contributed by atoms with van der Waals surface area (Å²) >= 11 is 0. The third kappa shape index (κ3) is 2.28.